The van der Waals surface area contributed by atoms with Gasteiger partial charge in [-0.15, -0.1) is 45.3 Å². The van der Waals surface area contributed by atoms with Crippen LogP contribution in [0.25, 0.3) is 113 Å². The number of thiophene rings is 4. The lowest BCUT2D eigenvalue weighted by molar-refractivity contribution is 0.103. The fraction of sp³-hybridized carbons (Fsp3) is 0.0698. The average molecular weight is 1480 g/mol. The maximum absolute atomic E-state index is 13.9. The number of carbonyl (C=O) groups excluding carboxylic acids is 2. The summed E-state index contributed by atoms with van der Waals surface area (Å²) in [5, 5.41) is 44.0. The van der Waals surface area contributed by atoms with Gasteiger partial charge in [-0.3, -0.25) is 9.59 Å². The minimum absolute atomic E-state index is 0.112. The Morgan fingerprint density at radius 2 is 0.817 bits per heavy atom. The van der Waals surface area contributed by atoms with E-state index in [0.717, 1.165) is 44.5 Å². The van der Waals surface area contributed by atoms with Gasteiger partial charge in [0.15, 0.2) is 30.9 Å². The Morgan fingerprint density at radius 1 is 0.385 bits per heavy atom. The van der Waals surface area contributed by atoms with Crippen LogP contribution in [0.15, 0.2) is 204 Å². The number of ketones is 2. The topological polar surface area (TPSA) is 181 Å². The molecule has 488 valence electrons. The van der Waals surface area contributed by atoms with Crippen molar-refractivity contribution in [2.75, 3.05) is 0 Å². The monoisotopic (exact) mass is 1480 g/mol. The van der Waals surface area contributed by atoms with Gasteiger partial charge in [0.05, 0.1) is 29.8 Å². The lowest BCUT2D eigenvalue weighted by Crippen LogP contribution is -2.30. The van der Waals surface area contributed by atoms with Crippen molar-refractivity contribution in [3.63, 3.8) is 0 Å². The van der Waals surface area contributed by atoms with Crippen molar-refractivity contribution in [1.29, 1.82) is 21.0 Å². The molecule has 0 spiro atoms. The maximum atomic E-state index is 13.9. The molecule has 0 bridgehead atoms. The molecule has 0 saturated heterocycles. The number of benzene rings is 8. The Morgan fingerprint density at radius 3 is 1.29 bits per heavy atom. The first kappa shape index (κ1) is 62.4. The van der Waals surface area contributed by atoms with Crippen molar-refractivity contribution in [1.82, 2.24) is 19.9 Å². The second kappa shape index (κ2) is 23.1. The fourth-order valence-corrected chi connectivity index (χ4v) is 25.8. The number of Topliss-reactive ketones (excluding diaryl/α,β-unsaturated/α-hetero) is 2. The van der Waals surface area contributed by atoms with E-state index < -0.39 is 10.8 Å². The Labute approximate surface area is 626 Å². The molecule has 16 aromatic rings. The Bertz CT molecular complexity index is 6730. The second-order valence-electron chi connectivity index (χ2n) is 26.5. The molecular weight excluding hydrogens is 1430 g/mol. The van der Waals surface area contributed by atoms with E-state index in [9.17, 15) is 30.6 Å². The van der Waals surface area contributed by atoms with Crippen LogP contribution in [0.2, 0.25) is 0 Å². The van der Waals surface area contributed by atoms with Crippen LogP contribution in [0.3, 0.4) is 0 Å². The van der Waals surface area contributed by atoms with E-state index in [4.69, 9.17) is 19.9 Å². The first-order valence-corrected chi connectivity index (χ1v) is 39.7. The zero-order chi connectivity index (χ0) is 70.3. The molecule has 104 heavy (non-hydrogen) atoms. The number of nitrogens with zero attached hydrogens (tertiary/aromatic N) is 8. The van der Waals surface area contributed by atoms with Crippen LogP contribution in [-0.2, 0) is 10.8 Å². The van der Waals surface area contributed by atoms with E-state index >= 15 is 0 Å². The van der Waals surface area contributed by atoms with Crippen molar-refractivity contribution >= 4 is 174 Å². The van der Waals surface area contributed by atoms with Crippen LogP contribution in [-0.4, -0.2) is 31.5 Å². The van der Waals surface area contributed by atoms with Gasteiger partial charge in [0, 0.05) is 63.7 Å². The molecule has 0 unspecified atom stereocenters. The molecule has 0 aliphatic heterocycles. The third kappa shape index (κ3) is 8.80. The molecule has 4 aliphatic rings. The average Bonchev–Trinajstić information content (AvgIpc) is 1.50. The van der Waals surface area contributed by atoms with Gasteiger partial charge in [0.25, 0.3) is 0 Å². The summed E-state index contributed by atoms with van der Waals surface area (Å²) in [4.78, 5) is 54.7. The number of aromatic nitrogens is 4. The lowest BCUT2D eigenvalue weighted by atomic mass is 9.65. The van der Waals surface area contributed by atoms with Crippen LogP contribution in [0.4, 0.5) is 0 Å². The minimum Gasteiger partial charge on any atom is -0.289 e. The molecule has 0 radical (unpaired) electrons. The molecule has 0 fully saturated rings. The van der Waals surface area contributed by atoms with Crippen molar-refractivity contribution in [3.8, 4) is 65.6 Å². The molecule has 4 aliphatic carbocycles. The van der Waals surface area contributed by atoms with Crippen LogP contribution in [0.5, 0.6) is 0 Å². The van der Waals surface area contributed by atoms with Gasteiger partial charge in [-0.1, -0.05) is 225 Å². The minimum atomic E-state index is -0.756. The first-order valence-electron chi connectivity index (χ1n) is 33.2. The molecule has 0 N–H and O–H groups in total. The van der Waals surface area contributed by atoms with Crippen molar-refractivity contribution < 1.29 is 9.59 Å². The van der Waals surface area contributed by atoms with Crippen LogP contribution in [0, 0.1) is 73.0 Å². The largest absolute Gasteiger partial charge is 0.289 e. The predicted octanol–water partition coefficient (Wildman–Crippen LogP) is 23.0. The summed E-state index contributed by atoms with van der Waals surface area (Å²) in [6.45, 7) is 8.65. The van der Waals surface area contributed by atoms with Crippen molar-refractivity contribution in [2.45, 2.75) is 38.5 Å². The summed E-state index contributed by atoms with van der Waals surface area (Å²) in [5.74, 6) is -0.487. The number of hydrogen-bond donors (Lipinski definition) is 0. The fourth-order valence-electron chi connectivity index (χ4n) is 16.0. The Kier molecular flexibility index (Phi) is 13.8. The van der Waals surface area contributed by atoms with E-state index in [-0.39, 0.29) is 33.9 Å². The number of hydrogen-bond acceptors (Lipinski definition) is 18. The highest BCUT2D eigenvalue weighted by Gasteiger charge is 2.54. The van der Waals surface area contributed by atoms with Gasteiger partial charge in [0.2, 0.25) is 0 Å². The number of aryl methyl sites for hydroxylation is 4. The van der Waals surface area contributed by atoms with Crippen molar-refractivity contribution in [2.24, 2.45) is 0 Å². The van der Waals surface area contributed by atoms with Crippen molar-refractivity contribution in [3.05, 3.63) is 303 Å². The molecule has 18 heteroatoms. The van der Waals surface area contributed by atoms with Gasteiger partial charge < -0.3 is 0 Å². The number of allylic oxidation sites excluding steroid dienone is 6. The number of carbonyl (C=O) groups is 2. The lowest BCUT2D eigenvalue weighted by Gasteiger charge is -2.36. The molecular formula is C86H44N8O2S8. The second-order valence-corrected chi connectivity index (χ2v) is 34.6. The molecule has 8 aromatic heterocycles. The summed E-state index contributed by atoms with van der Waals surface area (Å²) in [7, 11) is 0. The Hall–Kier alpha value is -11.4. The number of rotatable bonds is 8. The van der Waals surface area contributed by atoms with Crippen LogP contribution in [0.1, 0.15) is 109 Å². The van der Waals surface area contributed by atoms with Gasteiger partial charge in [-0.25, -0.2) is 19.9 Å². The summed E-state index contributed by atoms with van der Waals surface area (Å²) in [6, 6.07) is 73.4. The summed E-state index contributed by atoms with van der Waals surface area (Å²) in [6.07, 6.45) is 3.40. The Balaban J connectivity index is 0.755. The number of fused-ring (bicyclic) bond motifs is 16. The highest BCUT2D eigenvalue weighted by atomic mass is 32.1. The summed E-state index contributed by atoms with van der Waals surface area (Å²) < 4.78 is 6.10. The van der Waals surface area contributed by atoms with E-state index in [2.05, 4.69) is 161 Å². The highest BCUT2D eigenvalue weighted by molar-refractivity contribution is 7.41. The molecule has 8 heterocycles. The van der Waals surface area contributed by atoms with E-state index in [1.54, 1.807) is 72.0 Å². The summed E-state index contributed by atoms with van der Waals surface area (Å²) >= 11 is 13.2. The summed E-state index contributed by atoms with van der Waals surface area (Å²) in [5.41, 5.74) is 19.6. The standard InChI is InChI=1S/C86H44N8O2S8/c1-41-13-22-48(23-14-41)85(49-24-15-42(2)16-25-49)61-33-58-62(32-57(61)74-70(85)56-30-21-45(31-63(56)97-74)79-93-83-81(103-79)91-66(100-83)34-59-68(46(37-87)38-88)52-9-5-7-11-54(52)72(59)95)86(50-26-17-43(3)18-27-50,51-28-19-44(4)20-29-51)71-75(58)102-78-76-64(98-77(71)78)36-65(99-76)80-94-84-82(104-80)92-67(101-84)35-60-69(47(39-89)40-90)53-10-6-8-12-55(53)73(60)96/h5-36H,1-4H3/b59-34-,60-35-. The number of nitriles is 4. The van der Waals surface area contributed by atoms with E-state index in [0.29, 0.717) is 43.4 Å². The number of thiazole rings is 4. The van der Waals surface area contributed by atoms with Gasteiger partial charge >= 0.3 is 0 Å². The van der Waals surface area contributed by atoms with Crippen LogP contribution >= 0.6 is 90.7 Å². The third-order valence-electron chi connectivity index (χ3n) is 20.6. The van der Waals surface area contributed by atoms with Gasteiger partial charge in [-0.05, 0) is 131 Å². The highest BCUT2D eigenvalue weighted by Crippen LogP contribution is 2.69. The molecule has 0 atom stereocenters. The maximum Gasteiger partial charge on any atom is 0.194 e. The third-order valence-corrected chi connectivity index (χ3v) is 29.9. The molecule has 20 rings (SSSR count). The van der Waals surface area contributed by atoms with E-state index in [1.165, 1.54) is 157 Å². The smallest absolute Gasteiger partial charge is 0.194 e. The molecule has 0 saturated carbocycles. The van der Waals surface area contributed by atoms with Gasteiger partial charge in [0.1, 0.15) is 55.5 Å². The molecule has 10 nitrogen and oxygen atoms in total. The quantitative estimate of drug-likeness (QED) is 0.105. The zero-order valence-electron chi connectivity index (χ0n) is 55.1. The first-order chi connectivity index (χ1) is 50.7. The van der Waals surface area contributed by atoms with Gasteiger partial charge in [-0.2, -0.15) is 21.0 Å². The van der Waals surface area contributed by atoms with E-state index in [1.807, 2.05) is 58.3 Å². The molecule has 0 amide bonds. The van der Waals surface area contributed by atoms with Crippen LogP contribution < -0.4 is 0 Å². The SMILES string of the molecule is Cc1ccc(C2(c3ccc(C)cc3)c3cc4c(cc3-c3sc5cc(-c6nc7sc(/C=C8\C(=O)c9ccccc9C8=C(C#N)C#N)nc7s6)ccc5c32)C(c2ccc(C)cc2)(c2ccc(C)cc2)c2c-4sc3c2sc2cc(-c4nc5sc(/C=C6\C(=O)c7ccccc7C6=C(C#N)C#N)nc5s4)sc23)cc1. The molecule has 8 aromatic carbocycles. The predicted molar refractivity (Wildman–Crippen MR) is 426 cm³/mol. The zero-order valence-corrected chi connectivity index (χ0v) is 61.7. The normalized spacial score (nSPS) is 15.1.